The van der Waals surface area contributed by atoms with Crippen molar-refractivity contribution >= 4 is 87.0 Å². The zero-order valence-corrected chi connectivity index (χ0v) is 66.9. The molecule has 0 amide bonds. The molecule has 0 atom stereocenters. The van der Waals surface area contributed by atoms with E-state index in [1.54, 1.807) is 27.7 Å². The van der Waals surface area contributed by atoms with Crippen molar-refractivity contribution in [1.82, 2.24) is 0 Å². The van der Waals surface area contributed by atoms with E-state index >= 15 is 0 Å². The average molecular weight is 1520 g/mol. The third-order valence-electron chi connectivity index (χ3n) is 19.0. The number of carbonyl (C=O) groups is 6. The van der Waals surface area contributed by atoms with E-state index in [-0.39, 0.29) is 35.8 Å². The predicted molar refractivity (Wildman–Crippen MR) is 457 cm³/mol. The van der Waals surface area contributed by atoms with Gasteiger partial charge in [0, 0.05) is 85.6 Å². The first-order chi connectivity index (χ1) is 54.4. The number of rotatable bonds is 40. The minimum Gasteiger partial charge on any atom is -0.463 e. The fraction of sp³-hybridized carbons (Fsp3) is 0.265. The molecule has 0 radical (unpaired) electrons. The number of nitrogens with zero attached hydrogens (tertiary/aromatic N) is 3. The second-order valence-corrected chi connectivity index (χ2v) is 28.3. The van der Waals surface area contributed by atoms with Crippen LogP contribution in [0.3, 0.4) is 0 Å². The molecule has 0 aliphatic carbocycles. The van der Waals surface area contributed by atoms with Gasteiger partial charge >= 0.3 is 35.8 Å². The standard InChI is InChI=1S/C66H72N2O8.C32H35NO4/c1-45(2)63(69)73-39-11-15-51-19-29-57(30-20-51)67(61-37-23-53(49(9)43-61)17-13-41-75-65(71)47(5)6)59-33-25-55(26-34-59)56-27-35-60(36-28-56)68(58-31-21-52(22-32-58)16-12-40-74-64(70)46(3)4)62-38-24-54(50(10)44-62)18-14-42-76-66(72)48(7)8;1-5-31(34)36-21-7-9-26-12-17-28(18-13-26)33(30-16-11-24(3)25(4)23-30)29-19-14-27(15-20-29)10-8-22-37-32(35)6-2/h19-38,43-44H,1,3,5,7,11-18,39-42H2,2,4,6,8-10H3;5-6,11-20,23H,1-2,7-10,21-22H2,3-4H3. The Morgan fingerprint density at radius 3 is 0.735 bits per heavy atom. The Bertz CT molecular complexity index is 4510. The van der Waals surface area contributed by atoms with E-state index < -0.39 is 0 Å². The highest BCUT2D eigenvalue weighted by Crippen LogP contribution is 2.41. The molecule has 9 aromatic rings. The van der Waals surface area contributed by atoms with Gasteiger partial charge in [0.15, 0.2) is 0 Å². The lowest BCUT2D eigenvalue weighted by Crippen LogP contribution is -2.11. The summed E-state index contributed by atoms with van der Waals surface area (Å²) in [7, 11) is 0. The van der Waals surface area contributed by atoms with Crippen LogP contribution >= 0.6 is 0 Å². The number of ether oxygens (including phenoxy) is 6. The quantitative estimate of drug-likeness (QED) is 0.0154. The number of hydrogen-bond donors (Lipinski definition) is 0. The predicted octanol–water partition coefficient (Wildman–Crippen LogP) is 22.2. The minimum atomic E-state index is -0.387. The van der Waals surface area contributed by atoms with E-state index in [0.717, 1.165) is 136 Å². The van der Waals surface area contributed by atoms with Gasteiger partial charge in [-0.05, 0) is 308 Å². The van der Waals surface area contributed by atoms with Crippen LogP contribution in [0.15, 0.2) is 274 Å². The molecule has 0 aliphatic rings. The molecular weight excluding hydrogens is 1410 g/mol. The number of aryl methyl sites for hydroxylation is 10. The third-order valence-corrected chi connectivity index (χ3v) is 19.0. The van der Waals surface area contributed by atoms with Crippen LogP contribution in [0.4, 0.5) is 51.2 Å². The summed E-state index contributed by atoms with van der Waals surface area (Å²) in [4.78, 5) is 76.9. The molecule has 113 heavy (non-hydrogen) atoms. The van der Waals surface area contributed by atoms with Crippen LogP contribution < -0.4 is 14.7 Å². The van der Waals surface area contributed by atoms with E-state index in [2.05, 4.69) is 282 Å². The molecule has 0 bridgehead atoms. The van der Waals surface area contributed by atoms with Gasteiger partial charge in [0.2, 0.25) is 0 Å². The van der Waals surface area contributed by atoms with Crippen molar-refractivity contribution in [1.29, 1.82) is 0 Å². The van der Waals surface area contributed by atoms with Crippen molar-refractivity contribution in [2.24, 2.45) is 0 Å². The Morgan fingerprint density at radius 1 is 0.274 bits per heavy atom. The Balaban J connectivity index is 0.000000360. The smallest absolute Gasteiger partial charge is 0.333 e. The molecule has 9 aromatic carbocycles. The maximum absolute atomic E-state index is 11.9. The molecule has 0 aromatic heterocycles. The summed E-state index contributed by atoms with van der Waals surface area (Å²) >= 11 is 0. The summed E-state index contributed by atoms with van der Waals surface area (Å²) in [5.74, 6) is -2.26. The van der Waals surface area contributed by atoms with Crippen molar-refractivity contribution in [3.63, 3.8) is 0 Å². The maximum atomic E-state index is 11.9. The zero-order valence-electron chi connectivity index (χ0n) is 66.9. The van der Waals surface area contributed by atoms with Gasteiger partial charge in [-0.15, -0.1) is 0 Å². The number of hydrogen-bond acceptors (Lipinski definition) is 15. The van der Waals surface area contributed by atoms with Crippen molar-refractivity contribution in [3.05, 3.63) is 330 Å². The molecule has 0 fully saturated rings. The Hall–Kier alpha value is -12.4. The van der Waals surface area contributed by atoms with Gasteiger partial charge in [-0.25, -0.2) is 28.8 Å². The highest BCUT2D eigenvalue weighted by molar-refractivity contribution is 5.89. The van der Waals surface area contributed by atoms with E-state index in [1.807, 2.05) is 0 Å². The SMILES string of the molecule is C=C(C)C(=O)OCCCc1ccc(N(c2ccc(-c3ccc(N(c4ccc(CCCOC(=O)C(=C)C)cc4)c4ccc(CCCOC(=O)C(=C)C)c(C)c4)cc3)cc2)c2ccc(CCCOC(=O)C(=C)C)c(C)c2)cc1.C=CC(=O)OCCCc1ccc(N(c2ccc(CCCOC(=O)C=C)cc2)c2ccc(C)c(C)c2)cc1. The Morgan fingerprint density at radius 2 is 0.496 bits per heavy atom. The van der Waals surface area contributed by atoms with E-state index in [1.165, 1.54) is 45.5 Å². The molecule has 15 nitrogen and oxygen atoms in total. The Labute approximate surface area is 668 Å². The van der Waals surface area contributed by atoms with Gasteiger partial charge in [0.1, 0.15) is 0 Å². The lowest BCUT2D eigenvalue weighted by Gasteiger charge is -2.27. The number of benzene rings is 9. The second kappa shape index (κ2) is 43.9. The van der Waals surface area contributed by atoms with Crippen LogP contribution in [-0.2, 0) is 95.7 Å². The van der Waals surface area contributed by atoms with Gasteiger partial charge in [0.05, 0.1) is 39.6 Å². The van der Waals surface area contributed by atoms with E-state index in [0.29, 0.717) is 87.6 Å². The van der Waals surface area contributed by atoms with Crippen LogP contribution in [0.2, 0.25) is 0 Å². The summed E-state index contributed by atoms with van der Waals surface area (Å²) < 4.78 is 31.5. The van der Waals surface area contributed by atoms with E-state index in [4.69, 9.17) is 28.4 Å². The maximum Gasteiger partial charge on any atom is 0.333 e. The molecule has 15 heteroatoms. The molecule has 9 rings (SSSR count). The lowest BCUT2D eigenvalue weighted by atomic mass is 10.0. The van der Waals surface area contributed by atoms with Crippen molar-refractivity contribution in [2.45, 2.75) is 132 Å². The molecular formula is C98H107N3O12. The van der Waals surface area contributed by atoms with Gasteiger partial charge < -0.3 is 43.1 Å². The van der Waals surface area contributed by atoms with Crippen LogP contribution in [0.25, 0.3) is 11.1 Å². The molecule has 0 saturated heterocycles. The first-order valence-corrected chi connectivity index (χ1v) is 38.5. The molecule has 0 heterocycles. The van der Waals surface area contributed by atoms with Crippen LogP contribution in [-0.4, -0.2) is 75.5 Å². The topological polar surface area (TPSA) is 168 Å². The van der Waals surface area contributed by atoms with Gasteiger partial charge in [0.25, 0.3) is 0 Å². The highest BCUT2D eigenvalue weighted by Gasteiger charge is 2.20. The summed E-state index contributed by atoms with van der Waals surface area (Å²) in [5, 5.41) is 0. The fourth-order valence-electron chi connectivity index (χ4n) is 12.5. The van der Waals surface area contributed by atoms with Gasteiger partial charge in [-0.1, -0.05) is 130 Å². The van der Waals surface area contributed by atoms with E-state index in [9.17, 15) is 28.8 Å². The molecule has 0 N–H and O–H groups in total. The fourth-order valence-corrected chi connectivity index (χ4v) is 12.5. The van der Waals surface area contributed by atoms with Gasteiger partial charge in [-0.2, -0.15) is 0 Å². The summed E-state index contributed by atoms with van der Waals surface area (Å²) in [5.41, 5.74) is 24.7. The van der Waals surface area contributed by atoms with Gasteiger partial charge in [-0.3, -0.25) is 0 Å². The average Bonchev–Trinajstić information content (AvgIpc) is 0.817. The van der Waals surface area contributed by atoms with Crippen molar-refractivity contribution in [3.8, 4) is 11.1 Å². The van der Waals surface area contributed by atoms with Crippen LogP contribution in [0.5, 0.6) is 0 Å². The first kappa shape index (κ1) is 86.2. The molecule has 0 saturated carbocycles. The van der Waals surface area contributed by atoms with Crippen LogP contribution in [0, 0.1) is 27.7 Å². The molecule has 586 valence electrons. The Kier molecular flexibility index (Phi) is 33.5. The summed E-state index contributed by atoms with van der Waals surface area (Å²) in [6.07, 6.45) is 11.4. The number of carbonyl (C=O) groups excluding carboxylic acids is 6. The minimum absolute atomic E-state index is 0.330. The largest absolute Gasteiger partial charge is 0.463 e. The molecule has 0 aliphatic heterocycles. The summed E-state index contributed by atoms with van der Waals surface area (Å²) in [6, 6.07) is 70.7. The van der Waals surface area contributed by atoms with Crippen molar-refractivity contribution in [2.75, 3.05) is 54.3 Å². The number of anilines is 9. The highest BCUT2D eigenvalue weighted by atomic mass is 16.6. The normalized spacial score (nSPS) is 10.7. The summed E-state index contributed by atoms with van der Waals surface area (Å²) in [6.45, 7) is 38.7. The second-order valence-electron chi connectivity index (χ2n) is 28.3. The third kappa shape index (κ3) is 26.7. The van der Waals surface area contributed by atoms with Crippen molar-refractivity contribution < 1.29 is 57.2 Å². The monoisotopic (exact) mass is 1520 g/mol. The zero-order chi connectivity index (χ0) is 81.3. The molecule has 0 unspecified atom stereocenters. The lowest BCUT2D eigenvalue weighted by molar-refractivity contribution is -0.139. The molecule has 0 spiro atoms. The number of esters is 6. The first-order valence-electron chi connectivity index (χ1n) is 38.5. The van der Waals surface area contributed by atoms with Crippen LogP contribution in [0.1, 0.15) is 122 Å².